The quantitative estimate of drug-likeness (QED) is 0.927. The molecule has 5 nitrogen and oxygen atoms in total. The molecule has 0 unspecified atom stereocenters. The van der Waals surface area contributed by atoms with Crippen molar-refractivity contribution in [2.45, 2.75) is 25.7 Å². The maximum Gasteiger partial charge on any atom is 0.243 e. The maximum absolute atomic E-state index is 11.6. The largest absolute Gasteiger partial charge is 0.441 e. The van der Waals surface area contributed by atoms with E-state index in [2.05, 4.69) is 15.5 Å². The molecule has 2 heterocycles. The Labute approximate surface area is 133 Å². The number of hydrogen-bond acceptors (Lipinski definition) is 4. The molecule has 1 aliphatic heterocycles. The highest BCUT2D eigenvalue weighted by atomic mass is 16.4. The van der Waals surface area contributed by atoms with Crippen molar-refractivity contribution < 1.29 is 9.21 Å². The number of hydrogen-bond donors (Lipinski definition) is 1. The van der Waals surface area contributed by atoms with Gasteiger partial charge in [0.1, 0.15) is 5.76 Å². The predicted molar refractivity (Wildman–Crippen MR) is 84.6 cm³/mol. The van der Waals surface area contributed by atoms with Crippen LogP contribution in [0.5, 0.6) is 0 Å². The molecule has 23 heavy (non-hydrogen) atoms. The van der Waals surface area contributed by atoms with E-state index >= 15 is 0 Å². The van der Waals surface area contributed by atoms with Crippen LogP contribution >= 0.6 is 0 Å². The fourth-order valence-corrected chi connectivity index (χ4v) is 3.82. The molecule has 3 atom stereocenters. The standard InChI is InChI=1S/C18H17N3O2/c22-17-13-9-12(13)16(20-21-17)11-6-7-14-15(8-11)23-18(19-14)10-4-2-1-3-5-10/h1-5,11-13H,6-9H2,(H,21,22)/t11-,12+,13-/m0/s1. The van der Waals surface area contributed by atoms with E-state index in [-0.39, 0.29) is 11.8 Å². The fourth-order valence-electron chi connectivity index (χ4n) is 3.82. The summed E-state index contributed by atoms with van der Waals surface area (Å²) in [6, 6.07) is 10.0. The lowest BCUT2D eigenvalue weighted by Crippen LogP contribution is -2.34. The van der Waals surface area contributed by atoms with E-state index in [1.165, 1.54) is 0 Å². The van der Waals surface area contributed by atoms with Gasteiger partial charge < -0.3 is 4.42 Å². The molecular formula is C18H17N3O2. The second-order valence-corrected chi connectivity index (χ2v) is 6.66. The Bertz CT molecular complexity index is 809. The molecular weight excluding hydrogens is 290 g/mol. The third kappa shape index (κ3) is 2.11. The maximum atomic E-state index is 11.6. The Morgan fingerprint density at radius 1 is 1.17 bits per heavy atom. The van der Waals surface area contributed by atoms with Gasteiger partial charge in [0.15, 0.2) is 0 Å². The van der Waals surface area contributed by atoms with E-state index in [4.69, 9.17) is 4.42 Å². The van der Waals surface area contributed by atoms with Gasteiger partial charge in [0.2, 0.25) is 11.8 Å². The van der Waals surface area contributed by atoms with E-state index in [1.54, 1.807) is 0 Å². The van der Waals surface area contributed by atoms with Gasteiger partial charge in [-0.1, -0.05) is 18.2 Å². The van der Waals surface area contributed by atoms with E-state index in [0.29, 0.717) is 17.7 Å². The topological polar surface area (TPSA) is 67.5 Å². The molecule has 2 aromatic rings. The Hall–Kier alpha value is -2.43. The molecule has 2 aliphatic carbocycles. The number of aromatic nitrogens is 1. The van der Waals surface area contributed by atoms with Crippen molar-refractivity contribution in [2.75, 3.05) is 0 Å². The lowest BCUT2D eigenvalue weighted by atomic mass is 9.84. The molecule has 5 heteroatoms. The normalized spacial score (nSPS) is 28.4. The number of hydrazone groups is 1. The summed E-state index contributed by atoms with van der Waals surface area (Å²) in [6.45, 7) is 0. The SMILES string of the molecule is O=C1NN=C([C@H]2CCc3nc(-c4ccccc4)oc3C2)[C@@H]2C[C@H]12. The van der Waals surface area contributed by atoms with Gasteiger partial charge in [-0.25, -0.2) is 10.4 Å². The molecule has 0 saturated heterocycles. The fraction of sp³-hybridized carbons (Fsp3) is 0.389. The first-order chi connectivity index (χ1) is 11.3. The molecule has 116 valence electrons. The average Bonchev–Trinajstić information content (AvgIpc) is 3.28. The summed E-state index contributed by atoms with van der Waals surface area (Å²) in [4.78, 5) is 16.2. The summed E-state index contributed by atoms with van der Waals surface area (Å²) in [5.41, 5.74) is 5.94. The minimum Gasteiger partial charge on any atom is -0.441 e. The Morgan fingerprint density at radius 2 is 2.04 bits per heavy atom. The number of rotatable bonds is 2. The summed E-state index contributed by atoms with van der Waals surface area (Å²) < 4.78 is 6.03. The van der Waals surface area contributed by atoms with Crippen molar-refractivity contribution in [1.82, 2.24) is 10.4 Å². The van der Waals surface area contributed by atoms with E-state index in [1.807, 2.05) is 30.3 Å². The number of carbonyl (C=O) groups is 1. The van der Waals surface area contributed by atoms with Crippen molar-refractivity contribution in [2.24, 2.45) is 22.9 Å². The highest BCUT2D eigenvalue weighted by molar-refractivity contribution is 6.01. The van der Waals surface area contributed by atoms with Gasteiger partial charge in [-0.3, -0.25) is 4.79 Å². The van der Waals surface area contributed by atoms with Crippen LogP contribution < -0.4 is 5.43 Å². The number of fused-ring (bicyclic) bond motifs is 2. The number of nitrogens with zero attached hydrogens (tertiary/aromatic N) is 2. The van der Waals surface area contributed by atoms with Crippen LogP contribution in [0.25, 0.3) is 11.5 Å². The predicted octanol–water partition coefficient (Wildman–Crippen LogP) is 2.57. The second kappa shape index (κ2) is 4.78. The number of amides is 1. The van der Waals surface area contributed by atoms with E-state index in [9.17, 15) is 4.79 Å². The summed E-state index contributed by atoms with van der Waals surface area (Å²) in [5.74, 6) is 2.68. The molecule has 0 bridgehead atoms. The summed E-state index contributed by atoms with van der Waals surface area (Å²) >= 11 is 0. The average molecular weight is 307 g/mol. The molecule has 1 fully saturated rings. The third-order valence-electron chi connectivity index (χ3n) is 5.18. The van der Waals surface area contributed by atoms with Crippen molar-refractivity contribution in [3.8, 4) is 11.5 Å². The van der Waals surface area contributed by atoms with E-state index < -0.39 is 0 Å². The van der Waals surface area contributed by atoms with Crippen LogP contribution in [-0.4, -0.2) is 16.6 Å². The van der Waals surface area contributed by atoms with Crippen LogP contribution in [0.4, 0.5) is 0 Å². The molecule has 1 saturated carbocycles. The van der Waals surface area contributed by atoms with Crippen LogP contribution in [0.15, 0.2) is 39.9 Å². The van der Waals surface area contributed by atoms with Gasteiger partial charge in [0.25, 0.3) is 0 Å². The second-order valence-electron chi connectivity index (χ2n) is 6.66. The number of benzene rings is 1. The summed E-state index contributed by atoms with van der Waals surface area (Å²) in [5, 5.41) is 4.35. The van der Waals surface area contributed by atoms with Crippen LogP contribution in [0.2, 0.25) is 0 Å². The highest BCUT2D eigenvalue weighted by Gasteiger charge is 2.51. The Balaban J connectivity index is 1.41. The van der Waals surface area contributed by atoms with Gasteiger partial charge in [0, 0.05) is 35.4 Å². The zero-order chi connectivity index (χ0) is 15.4. The van der Waals surface area contributed by atoms with Crippen LogP contribution in [0, 0.1) is 17.8 Å². The molecule has 1 aromatic heterocycles. The lowest BCUT2D eigenvalue weighted by molar-refractivity contribution is -0.122. The zero-order valence-corrected chi connectivity index (χ0v) is 12.7. The van der Waals surface area contributed by atoms with Crippen molar-refractivity contribution in [3.05, 3.63) is 41.8 Å². The number of aryl methyl sites for hydroxylation is 1. The van der Waals surface area contributed by atoms with E-state index in [0.717, 1.165) is 48.4 Å². The number of nitrogens with one attached hydrogen (secondary N) is 1. The molecule has 0 spiro atoms. The molecule has 1 amide bonds. The van der Waals surface area contributed by atoms with Gasteiger partial charge in [-0.05, 0) is 31.4 Å². The minimum absolute atomic E-state index is 0.0845. The highest BCUT2D eigenvalue weighted by Crippen LogP contribution is 2.45. The summed E-state index contributed by atoms with van der Waals surface area (Å²) in [6.07, 6.45) is 3.75. The smallest absolute Gasteiger partial charge is 0.243 e. The van der Waals surface area contributed by atoms with Crippen molar-refractivity contribution >= 4 is 11.6 Å². The van der Waals surface area contributed by atoms with Gasteiger partial charge in [-0.2, -0.15) is 5.10 Å². The minimum atomic E-state index is 0.0845. The first-order valence-electron chi connectivity index (χ1n) is 8.21. The third-order valence-corrected chi connectivity index (χ3v) is 5.18. The number of oxazole rings is 1. The monoisotopic (exact) mass is 307 g/mol. The van der Waals surface area contributed by atoms with Crippen LogP contribution in [0.3, 0.4) is 0 Å². The van der Waals surface area contributed by atoms with Crippen molar-refractivity contribution in [1.29, 1.82) is 0 Å². The van der Waals surface area contributed by atoms with Gasteiger partial charge in [0.05, 0.1) is 5.69 Å². The first kappa shape index (κ1) is 13.0. The summed E-state index contributed by atoms with van der Waals surface area (Å²) in [7, 11) is 0. The van der Waals surface area contributed by atoms with Crippen molar-refractivity contribution in [3.63, 3.8) is 0 Å². The molecule has 1 N–H and O–H groups in total. The van der Waals surface area contributed by atoms with Crippen LogP contribution in [0.1, 0.15) is 24.3 Å². The Kier molecular flexibility index (Phi) is 2.71. The van der Waals surface area contributed by atoms with Gasteiger partial charge >= 0.3 is 0 Å². The molecule has 3 aliphatic rings. The van der Waals surface area contributed by atoms with Crippen LogP contribution in [-0.2, 0) is 17.6 Å². The lowest BCUT2D eigenvalue weighted by Gasteiger charge is -2.23. The zero-order valence-electron chi connectivity index (χ0n) is 12.7. The Morgan fingerprint density at radius 3 is 2.91 bits per heavy atom. The van der Waals surface area contributed by atoms with Gasteiger partial charge in [-0.15, -0.1) is 0 Å². The number of carbonyl (C=O) groups excluding carboxylic acids is 1. The molecule has 0 radical (unpaired) electrons. The first-order valence-corrected chi connectivity index (χ1v) is 8.21. The molecule has 5 rings (SSSR count). The molecule has 1 aromatic carbocycles.